The number of hydrogen-bond acceptors (Lipinski definition) is 5. The van der Waals surface area contributed by atoms with Crippen LogP contribution in [0.25, 0.3) is 22.0 Å². The molecule has 0 unspecified atom stereocenters. The monoisotopic (exact) mass is 538 g/mol. The van der Waals surface area contributed by atoms with E-state index < -0.39 is 73.3 Å². The van der Waals surface area contributed by atoms with E-state index >= 15 is 0 Å². The molecule has 0 aliphatic heterocycles. The van der Waals surface area contributed by atoms with Crippen LogP contribution < -0.4 is 15.4 Å². The molecule has 0 spiro atoms. The van der Waals surface area contributed by atoms with E-state index in [1.807, 2.05) is 10.6 Å². The highest BCUT2D eigenvalue weighted by molar-refractivity contribution is 6.05. The van der Waals surface area contributed by atoms with Crippen LogP contribution in [0.3, 0.4) is 0 Å². The zero-order valence-corrected chi connectivity index (χ0v) is 19.3. The molecule has 2 heterocycles. The lowest BCUT2D eigenvalue weighted by atomic mass is 10.0. The van der Waals surface area contributed by atoms with Crippen LogP contribution in [0.1, 0.15) is 57.2 Å². The number of ether oxygens (including phenoxy) is 1. The minimum Gasteiger partial charge on any atom is -0.480 e. The van der Waals surface area contributed by atoms with Crippen molar-refractivity contribution in [3.05, 3.63) is 76.9 Å². The maximum atomic E-state index is 14.7. The van der Waals surface area contributed by atoms with E-state index in [1.165, 1.54) is 29.9 Å². The highest BCUT2D eigenvalue weighted by atomic mass is 19.4. The van der Waals surface area contributed by atoms with E-state index in [0.29, 0.717) is 23.2 Å². The van der Waals surface area contributed by atoms with Gasteiger partial charge in [0, 0.05) is 45.0 Å². The molecule has 2 N–H and O–H groups in total. The highest BCUT2D eigenvalue weighted by Crippen LogP contribution is 2.33. The zero-order valence-electron chi connectivity index (χ0n) is 28.3. The Balaban J connectivity index is 1.79. The molecule has 4 aromatic rings. The van der Waals surface area contributed by atoms with Crippen LogP contribution in [0.4, 0.5) is 17.6 Å². The number of fused-ring (bicyclic) bond motifs is 1. The van der Waals surface area contributed by atoms with Gasteiger partial charge < -0.3 is 15.4 Å². The summed E-state index contributed by atoms with van der Waals surface area (Å²) in [4.78, 5) is 29.9. The number of carbonyl (C=O) groups excluding carboxylic acids is 2. The molecule has 0 saturated heterocycles. The maximum absolute atomic E-state index is 14.7. The molecular weight excluding hydrogens is 506 g/mol. The molecule has 38 heavy (non-hydrogen) atoms. The average molecular weight is 539 g/mol. The van der Waals surface area contributed by atoms with Gasteiger partial charge in [0.05, 0.1) is 28.3 Å². The summed E-state index contributed by atoms with van der Waals surface area (Å²) in [6.07, 6.45) is -3.87. The molecule has 0 radical (unpaired) electrons. The molecule has 1 atom stereocenters. The summed E-state index contributed by atoms with van der Waals surface area (Å²) < 4.78 is 128. The fourth-order valence-electron chi connectivity index (χ4n) is 3.75. The highest BCUT2D eigenvalue weighted by Gasteiger charge is 2.32. The van der Waals surface area contributed by atoms with Crippen LogP contribution in [-0.4, -0.2) is 40.6 Å². The first-order valence-electron chi connectivity index (χ1n) is 15.1. The van der Waals surface area contributed by atoms with Gasteiger partial charge in [-0.2, -0.15) is 18.3 Å². The lowest BCUT2D eigenvalue weighted by Gasteiger charge is -2.18. The number of amides is 2. The fourth-order valence-corrected chi connectivity index (χ4v) is 3.75. The van der Waals surface area contributed by atoms with Crippen molar-refractivity contribution in [2.75, 3.05) is 14.0 Å². The van der Waals surface area contributed by atoms with E-state index in [0.717, 1.165) is 12.3 Å². The first-order valence-corrected chi connectivity index (χ1v) is 10.6. The van der Waals surface area contributed by atoms with Crippen molar-refractivity contribution >= 4 is 22.7 Å². The van der Waals surface area contributed by atoms with Gasteiger partial charge in [-0.3, -0.25) is 14.3 Å². The summed E-state index contributed by atoms with van der Waals surface area (Å²) in [6, 6.07) is 4.10. The molecule has 4 rings (SSSR count). The maximum Gasteiger partial charge on any atom is 0.416 e. The Morgan fingerprint density at radius 2 is 1.92 bits per heavy atom. The largest absolute Gasteiger partial charge is 0.480 e. The smallest absolute Gasteiger partial charge is 0.416 e. The van der Waals surface area contributed by atoms with Gasteiger partial charge in [-0.15, -0.1) is 0 Å². The molecule has 12 heteroatoms. The SMILES string of the molecule is [2H]C([2H])([2H])NC(=O)c1nn(C)c2cc(-c3cnc(OC([2H])([2H])[2H])c(C(=O)N[C@@H](c4cc(C(F)(F)F)ccc4F)C([2H])([2H])[2H])c3)ccc12. The normalized spacial score (nSPS) is 16.8. The molecule has 0 aliphatic rings. The van der Waals surface area contributed by atoms with Crippen LogP contribution in [0.2, 0.25) is 0 Å². The van der Waals surface area contributed by atoms with Crippen molar-refractivity contribution in [3.8, 4) is 17.0 Å². The second-order valence-electron chi connectivity index (χ2n) is 7.98. The second-order valence-corrected chi connectivity index (χ2v) is 7.98. The summed E-state index contributed by atoms with van der Waals surface area (Å²) in [7, 11) is -1.69. The van der Waals surface area contributed by atoms with Crippen LogP contribution in [-0.2, 0) is 13.2 Å². The van der Waals surface area contributed by atoms with Crippen molar-refractivity contribution < 1.29 is 44.2 Å². The Hall–Kier alpha value is -4.48. The summed E-state index contributed by atoms with van der Waals surface area (Å²) in [5.74, 6) is -4.51. The number of aromatic nitrogens is 3. The van der Waals surface area contributed by atoms with Crippen molar-refractivity contribution in [1.82, 2.24) is 25.4 Å². The minimum atomic E-state index is -4.97. The third-order valence-electron chi connectivity index (χ3n) is 5.62. The molecule has 0 aliphatic carbocycles. The summed E-state index contributed by atoms with van der Waals surface area (Å²) in [5.41, 5.74) is -2.53. The number of alkyl halides is 3. The number of pyridine rings is 1. The van der Waals surface area contributed by atoms with Crippen LogP contribution in [0, 0.1) is 5.82 Å². The first kappa shape index (κ1) is 17.1. The number of aryl methyl sites for hydroxylation is 1. The lowest BCUT2D eigenvalue weighted by Crippen LogP contribution is -2.28. The zero-order chi connectivity index (χ0) is 35.3. The Morgan fingerprint density at radius 1 is 1.11 bits per heavy atom. The molecule has 2 aromatic carbocycles. The minimum absolute atomic E-state index is 0.111. The Labute approximate surface area is 227 Å². The molecule has 198 valence electrons. The Morgan fingerprint density at radius 3 is 2.63 bits per heavy atom. The molecule has 2 amide bonds. The summed E-state index contributed by atoms with van der Waals surface area (Å²) in [5, 5.41) is 8.11. The van der Waals surface area contributed by atoms with E-state index in [1.54, 1.807) is 0 Å². The van der Waals surface area contributed by atoms with Crippen molar-refractivity contribution in [2.45, 2.75) is 19.1 Å². The standard InChI is InChI=1S/C26H23F4N5O3/c1-13(18-11-16(26(28,29)30)6-8-20(18)27)33-23(36)19-9-15(12-32-25(19)38-4)14-5-7-17-21(10-14)35(3)34-22(17)24(37)31-2/h5-13H,1-4H3,(H,31,37)(H,33,36)/t13-/m1/s1/i1D3,2D3,4D3. The van der Waals surface area contributed by atoms with Crippen molar-refractivity contribution in [3.63, 3.8) is 0 Å². The number of rotatable bonds is 6. The summed E-state index contributed by atoms with van der Waals surface area (Å²) in [6.45, 7) is -6.07. The number of carbonyl (C=O) groups is 2. The van der Waals surface area contributed by atoms with Crippen molar-refractivity contribution in [1.29, 1.82) is 0 Å². The first-order chi connectivity index (χ1) is 21.4. The average Bonchev–Trinajstić information content (AvgIpc) is 3.25. The summed E-state index contributed by atoms with van der Waals surface area (Å²) >= 11 is 0. The van der Waals surface area contributed by atoms with Gasteiger partial charge in [-0.25, -0.2) is 9.37 Å². The van der Waals surface area contributed by atoms with Crippen LogP contribution in [0.15, 0.2) is 48.7 Å². The number of benzene rings is 2. The quantitative estimate of drug-likeness (QED) is 0.348. The van der Waals surface area contributed by atoms with E-state index in [4.69, 9.17) is 17.1 Å². The third kappa shape index (κ3) is 5.01. The molecule has 0 saturated carbocycles. The number of nitrogens with one attached hydrogen (secondary N) is 2. The predicted molar refractivity (Wildman–Crippen MR) is 131 cm³/mol. The van der Waals surface area contributed by atoms with Crippen molar-refractivity contribution in [2.24, 2.45) is 7.05 Å². The Bertz CT molecular complexity index is 1860. The number of halogens is 4. The molecule has 2 aromatic heterocycles. The predicted octanol–water partition coefficient (Wildman–Crippen LogP) is 4.65. The fraction of sp³-hybridized carbons (Fsp3) is 0.231. The van der Waals surface area contributed by atoms with Crippen LogP contribution >= 0.6 is 0 Å². The van der Waals surface area contributed by atoms with E-state index in [-0.39, 0.29) is 22.7 Å². The third-order valence-corrected chi connectivity index (χ3v) is 5.62. The molecular formula is C26H23F4N5O3. The van der Waals surface area contributed by atoms with Gasteiger partial charge in [-0.05, 0) is 48.8 Å². The van der Waals surface area contributed by atoms with Gasteiger partial charge in [0.15, 0.2) is 5.69 Å². The number of nitrogens with zero attached hydrogens (tertiary/aromatic N) is 3. The molecule has 8 nitrogen and oxygen atoms in total. The Kier molecular flexibility index (Phi) is 4.55. The second kappa shape index (κ2) is 10.1. The topological polar surface area (TPSA) is 98.1 Å². The van der Waals surface area contributed by atoms with E-state index in [9.17, 15) is 27.2 Å². The van der Waals surface area contributed by atoms with E-state index in [2.05, 4.69) is 10.1 Å². The molecule has 0 fully saturated rings. The van der Waals surface area contributed by atoms with Gasteiger partial charge >= 0.3 is 6.18 Å². The van der Waals surface area contributed by atoms with Gasteiger partial charge in [-0.1, -0.05) is 6.07 Å². The lowest BCUT2D eigenvalue weighted by molar-refractivity contribution is -0.137. The van der Waals surface area contributed by atoms with Crippen LogP contribution in [0.5, 0.6) is 5.88 Å². The van der Waals surface area contributed by atoms with Gasteiger partial charge in [0.1, 0.15) is 11.4 Å². The van der Waals surface area contributed by atoms with Gasteiger partial charge in [0.2, 0.25) is 5.88 Å². The number of hydrogen-bond donors (Lipinski definition) is 2. The number of methoxy groups -OCH3 is 1. The molecule has 0 bridgehead atoms. The van der Waals surface area contributed by atoms with Gasteiger partial charge in [0.25, 0.3) is 11.8 Å².